The second-order valence-electron chi connectivity index (χ2n) is 6.70. The smallest absolute Gasteiger partial charge is 0.412 e. The van der Waals surface area contributed by atoms with Gasteiger partial charge in [-0.25, -0.2) is 19.7 Å². The summed E-state index contributed by atoms with van der Waals surface area (Å²) >= 11 is 0. The Morgan fingerprint density at radius 1 is 1.04 bits per heavy atom. The Kier molecular flexibility index (Phi) is 3.79. The molecule has 1 amide bonds. The average molecular weight is 371 g/mol. The molecule has 138 valence electrons. The Hall–Kier alpha value is -3.74. The zero-order valence-corrected chi connectivity index (χ0v) is 15.2. The summed E-state index contributed by atoms with van der Waals surface area (Å²) in [5.41, 5.74) is 5.90. The van der Waals surface area contributed by atoms with Crippen LogP contribution in [0.3, 0.4) is 0 Å². The molecule has 2 heterocycles. The number of anilines is 1. The zero-order valence-electron chi connectivity index (χ0n) is 15.2. The number of aromatic nitrogens is 4. The zero-order chi connectivity index (χ0) is 19.1. The number of nitrogens with one attached hydrogen (secondary N) is 1. The summed E-state index contributed by atoms with van der Waals surface area (Å²) < 4.78 is 7.32. The van der Waals surface area contributed by atoms with Crippen LogP contribution in [0.2, 0.25) is 0 Å². The first-order valence-electron chi connectivity index (χ1n) is 8.96. The van der Waals surface area contributed by atoms with E-state index in [4.69, 9.17) is 4.74 Å². The first-order chi connectivity index (χ1) is 13.7. The van der Waals surface area contributed by atoms with Crippen LogP contribution in [-0.2, 0) is 11.8 Å². The van der Waals surface area contributed by atoms with Gasteiger partial charge in [0.1, 0.15) is 12.9 Å². The number of benzene rings is 2. The maximum Gasteiger partial charge on any atom is 0.412 e. The number of ether oxygens (including phenoxy) is 1. The number of amides is 1. The number of nitrogens with zero attached hydrogens (tertiary/aromatic N) is 4. The van der Waals surface area contributed by atoms with Crippen LogP contribution < -0.4 is 5.32 Å². The number of hydrogen-bond donors (Lipinski definition) is 1. The first kappa shape index (κ1) is 16.4. The van der Waals surface area contributed by atoms with Gasteiger partial charge in [0.15, 0.2) is 17.0 Å². The Balaban J connectivity index is 1.36. The van der Waals surface area contributed by atoms with Gasteiger partial charge < -0.3 is 9.30 Å². The van der Waals surface area contributed by atoms with Gasteiger partial charge in [-0.2, -0.15) is 0 Å². The van der Waals surface area contributed by atoms with Crippen LogP contribution >= 0.6 is 0 Å². The predicted molar refractivity (Wildman–Crippen MR) is 105 cm³/mol. The summed E-state index contributed by atoms with van der Waals surface area (Å²) in [4.78, 5) is 24.9. The van der Waals surface area contributed by atoms with Crippen molar-refractivity contribution in [1.82, 2.24) is 19.5 Å². The molecule has 5 rings (SSSR count). The number of imidazole rings is 1. The van der Waals surface area contributed by atoms with Crippen LogP contribution in [0, 0.1) is 0 Å². The predicted octanol–water partition coefficient (Wildman–Crippen LogP) is 3.72. The molecule has 0 spiro atoms. The van der Waals surface area contributed by atoms with Crippen LogP contribution in [0.25, 0.3) is 22.3 Å². The highest BCUT2D eigenvalue weighted by Crippen LogP contribution is 2.44. The molecule has 1 N–H and O–H groups in total. The van der Waals surface area contributed by atoms with E-state index in [1.165, 1.54) is 28.6 Å². The second kappa shape index (κ2) is 6.45. The van der Waals surface area contributed by atoms with Crippen molar-refractivity contribution in [2.75, 3.05) is 11.9 Å². The van der Waals surface area contributed by atoms with Gasteiger partial charge in [0, 0.05) is 13.0 Å². The van der Waals surface area contributed by atoms with Crippen molar-refractivity contribution in [3.63, 3.8) is 0 Å². The molecule has 2 aromatic heterocycles. The van der Waals surface area contributed by atoms with Crippen molar-refractivity contribution in [2.45, 2.75) is 5.92 Å². The molecule has 7 nitrogen and oxygen atoms in total. The van der Waals surface area contributed by atoms with E-state index in [0.29, 0.717) is 17.0 Å². The molecule has 7 heteroatoms. The van der Waals surface area contributed by atoms with Gasteiger partial charge >= 0.3 is 6.09 Å². The fraction of sp³-hybridized carbons (Fsp3) is 0.143. The monoisotopic (exact) mass is 371 g/mol. The molecule has 0 bridgehead atoms. The maximum atomic E-state index is 12.4. The molecule has 0 unspecified atom stereocenters. The number of hydrogen-bond acceptors (Lipinski definition) is 5. The van der Waals surface area contributed by atoms with E-state index in [-0.39, 0.29) is 12.5 Å². The van der Waals surface area contributed by atoms with E-state index in [1.54, 1.807) is 10.9 Å². The third-order valence-corrected chi connectivity index (χ3v) is 5.06. The largest absolute Gasteiger partial charge is 0.448 e. The van der Waals surface area contributed by atoms with E-state index in [1.807, 2.05) is 31.3 Å². The Morgan fingerprint density at radius 3 is 2.43 bits per heavy atom. The van der Waals surface area contributed by atoms with Crippen molar-refractivity contribution < 1.29 is 9.53 Å². The van der Waals surface area contributed by atoms with Gasteiger partial charge in [0.05, 0.1) is 6.33 Å². The lowest BCUT2D eigenvalue weighted by molar-refractivity contribution is 0.158. The van der Waals surface area contributed by atoms with Gasteiger partial charge in [-0.1, -0.05) is 48.5 Å². The lowest BCUT2D eigenvalue weighted by Crippen LogP contribution is -2.18. The highest BCUT2D eigenvalue weighted by molar-refractivity contribution is 5.93. The molecule has 0 fully saturated rings. The van der Waals surface area contributed by atoms with Gasteiger partial charge in [0.2, 0.25) is 0 Å². The highest BCUT2D eigenvalue weighted by atomic mass is 16.5. The molecule has 28 heavy (non-hydrogen) atoms. The van der Waals surface area contributed by atoms with Gasteiger partial charge in [-0.3, -0.25) is 5.32 Å². The normalized spacial score (nSPS) is 12.6. The van der Waals surface area contributed by atoms with E-state index >= 15 is 0 Å². The molecular formula is C21H17N5O2. The van der Waals surface area contributed by atoms with Crippen LogP contribution in [-0.4, -0.2) is 32.2 Å². The molecule has 2 aromatic carbocycles. The van der Waals surface area contributed by atoms with Crippen LogP contribution in [0.1, 0.15) is 17.0 Å². The van der Waals surface area contributed by atoms with Crippen LogP contribution in [0.5, 0.6) is 0 Å². The SMILES string of the molecule is Cn1cnc2c(NC(=O)OCC3c4ccccc4-c4ccccc43)ncnc21. The molecule has 0 atom stereocenters. The summed E-state index contributed by atoms with van der Waals surface area (Å²) in [6, 6.07) is 16.5. The molecule has 0 radical (unpaired) electrons. The lowest BCUT2D eigenvalue weighted by Gasteiger charge is -2.14. The molecule has 4 aromatic rings. The minimum Gasteiger partial charge on any atom is -0.448 e. The van der Waals surface area contributed by atoms with Crippen molar-refractivity contribution in [3.8, 4) is 11.1 Å². The Labute approximate surface area is 161 Å². The number of aryl methyl sites for hydroxylation is 1. The number of carbonyl (C=O) groups excluding carboxylic acids is 1. The standard InChI is InChI=1S/C21H17N5O2/c1-26-12-24-18-19(22-11-23-20(18)26)25-21(27)28-10-17-15-8-4-2-6-13(15)14-7-3-5-9-16(14)17/h2-9,11-12,17H,10H2,1H3,(H,22,23,25,27). The van der Waals surface area contributed by atoms with E-state index in [0.717, 1.165) is 0 Å². The molecule has 1 aliphatic rings. The van der Waals surface area contributed by atoms with Crippen LogP contribution in [0.15, 0.2) is 61.2 Å². The quantitative estimate of drug-likeness (QED) is 0.593. The average Bonchev–Trinajstić information content (AvgIpc) is 3.26. The minimum atomic E-state index is -0.562. The fourth-order valence-corrected chi connectivity index (χ4v) is 3.77. The van der Waals surface area contributed by atoms with E-state index < -0.39 is 6.09 Å². The van der Waals surface area contributed by atoms with Crippen molar-refractivity contribution >= 4 is 23.1 Å². The van der Waals surface area contributed by atoms with Crippen molar-refractivity contribution in [2.24, 2.45) is 7.05 Å². The number of carbonyl (C=O) groups is 1. The van der Waals surface area contributed by atoms with Crippen molar-refractivity contribution in [1.29, 1.82) is 0 Å². The third kappa shape index (κ3) is 2.60. The summed E-state index contributed by atoms with van der Waals surface area (Å²) in [6.45, 7) is 0.246. The lowest BCUT2D eigenvalue weighted by atomic mass is 9.98. The molecule has 0 saturated carbocycles. The van der Waals surface area contributed by atoms with E-state index in [9.17, 15) is 4.79 Å². The van der Waals surface area contributed by atoms with Gasteiger partial charge in [-0.05, 0) is 22.3 Å². The summed E-state index contributed by atoms with van der Waals surface area (Å²) in [5, 5.41) is 2.68. The van der Waals surface area contributed by atoms with E-state index in [2.05, 4.69) is 44.5 Å². The molecule has 1 aliphatic carbocycles. The fourth-order valence-electron chi connectivity index (χ4n) is 3.77. The first-order valence-corrected chi connectivity index (χ1v) is 8.96. The summed E-state index contributed by atoms with van der Waals surface area (Å²) in [7, 11) is 1.83. The van der Waals surface area contributed by atoms with Crippen LogP contribution in [0.4, 0.5) is 10.6 Å². The minimum absolute atomic E-state index is 0.0124. The molecule has 0 aliphatic heterocycles. The third-order valence-electron chi connectivity index (χ3n) is 5.06. The molecule has 0 saturated heterocycles. The summed E-state index contributed by atoms with van der Waals surface area (Å²) in [6.07, 6.45) is 2.46. The topological polar surface area (TPSA) is 81.9 Å². The van der Waals surface area contributed by atoms with Gasteiger partial charge in [0.25, 0.3) is 0 Å². The number of fused-ring (bicyclic) bond motifs is 4. The maximum absolute atomic E-state index is 12.4. The van der Waals surface area contributed by atoms with Gasteiger partial charge in [-0.15, -0.1) is 0 Å². The molecular weight excluding hydrogens is 354 g/mol. The Morgan fingerprint density at radius 2 is 1.71 bits per heavy atom. The highest BCUT2D eigenvalue weighted by Gasteiger charge is 2.29. The Bertz CT molecular complexity index is 1150. The second-order valence-corrected chi connectivity index (χ2v) is 6.70. The van der Waals surface area contributed by atoms with Crippen molar-refractivity contribution in [3.05, 3.63) is 72.3 Å². The number of rotatable bonds is 3. The summed E-state index contributed by atoms with van der Waals surface area (Å²) in [5.74, 6) is 0.348.